The van der Waals surface area contributed by atoms with E-state index in [1.165, 1.54) is 31.2 Å². The number of rotatable bonds is 2. The van der Waals surface area contributed by atoms with Crippen molar-refractivity contribution >= 4 is 10.9 Å². The van der Waals surface area contributed by atoms with Crippen LogP contribution in [0.4, 0.5) is 13.2 Å². The molecule has 0 aliphatic heterocycles. The smallest absolute Gasteiger partial charge is 0.267 e. The molecule has 0 spiro atoms. The number of para-hydroxylation sites is 1. The average Bonchev–Trinajstić information content (AvgIpc) is 2.74. The summed E-state index contributed by atoms with van der Waals surface area (Å²) < 4.78 is 42.6. The third-order valence-corrected chi connectivity index (χ3v) is 4.79. The summed E-state index contributed by atoms with van der Waals surface area (Å²) in [6.07, 6.45) is -4.94. The van der Waals surface area contributed by atoms with Crippen LogP contribution in [0.5, 0.6) is 0 Å². The minimum atomic E-state index is -4.94. The van der Waals surface area contributed by atoms with Gasteiger partial charge in [0.05, 0.1) is 22.2 Å². The summed E-state index contributed by atoms with van der Waals surface area (Å²) in [4.78, 5) is 30.7. The highest BCUT2D eigenvalue weighted by Crippen LogP contribution is 2.33. The van der Waals surface area contributed by atoms with Gasteiger partial charge in [0.25, 0.3) is 11.1 Å². The van der Waals surface area contributed by atoms with Gasteiger partial charge in [-0.2, -0.15) is 23.1 Å². The van der Waals surface area contributed by atoms with Gasteiger partial charge in [-0.05, 0) is 25.1 Å². The first kappa shape index (κ1) is 20.1. The van der Waals surface area contributed by atoms with Crippen molar-refractivity contribution < 1.29 is 13.2 Å². The van der Waals surface area contributed by atoms with Crippen LogP contribution in [0.1, 0.15) is 17.0 Å². The van der Waals surface area contributed by atoms with Gasteiger partial charge in [0, 0.05) is 5.56 Å². The van der Waals surface area contributed by atoms with Gasteiger partial charge in [-0.1, -0.05) is 42.5 Å². The monoisotopic (exact) mass is 422 g/mol. The van der Waals surface area contributed by atoms with Crippen LogP contribution in [0.15, 0.2) is 70.3 Å². The van der Waals surface area contributed by atoms with E-state index in [0.29, 0.717) is 11.6 Å². The van der Waals surface area contributed by atoms with Crippen LogP contribution in [0.2, 0.25) is 0 Å². The van der Waals surface area contributed by atoms with Gasteiger partial charge in [0.1, 0.15) is 17.5 Å². The molecule has 2 aromatic carbocycles. The molecule has 0 aliphatic rings. The third-order valence-electron chi connectivity index (χ3n) is 4.79. The van der Waals surface area contributed by atoms with Crippen molar-refractivity contribution in [1.29, 1.82) is 5.26 Å². The number of pyridine rings is 1. The molecule has 6 nitrogen and oxygen atoms in total. The van der Waals surface area contributed by atoms with Gasteiger partial charge >= 0.3 is 6.18 Å². The molecule has 0 saturated carbocycles. The molecule has 2 aromatic heterocycles. The summed E-state index contributed by atoms with van der Waals surface area (Å²) in [5.74, 6) is 0.0756. The fourth-order valence-electron chi connectivity index (χ4n) is 3.42. The van der Waals surface area contributed by atoms with Crippen LogP contribution < -0.4 is 11.1 Å². The standard InChI is InChI=1S/C22H13F3N4O2/c1-13-27-18-10-6-5-9-15(18)20(30)28(13)29-19(14-7-3-2-4-8-14)11-17(22(23,24)25)16(12-26)21(29)31/h2-11H,1H3. The summed E-state index contributed by atoms with van der Waals surface area (Å²) in [5, 5.41) is 9.52. The Hall–Kier alpha value is -4.19. The van der Waals surface area contributed by atoms with Crippen molar-refractivity contribution in [2.75, 3.05) is 0 Å². The fourth-order valence-corrected chi connectivity index (χ4v) is 3.42. The Labute approximate surface area is 173 Å². The molecule has 0 fully saturated rings. The summed E-state index contributed by atoms with van der Waals surface area (Å²) in [6.45, 7) is 1.46. The lowest BCUT2D eigenvalue weighted by atomic mass is 10.0. The number of aromatic nitrogens is 3. The van der Waals surface area contributed by atoms with Gasteiger partial charge < -0.3 is 0 Å². The molecule has 0 aliphatic carbocycles. The van der Waals surface area contributed by atoms with Crippen LogP contribution in [0.25, 0.3) is 22.2 Å². The minimum absolute atomic E-state index is 0.0756. The van der Waals surface area contributed by atoms with Gasteiger partial charge in [-0.15, -0.1) is 0 Å². The van der Waals surface area contributed by atoms with E-state index in [2.05, 4.69) is 4.98 Å². The second kappa shape index (κ2) is 7.25. The molecule has 0 saturated heterocycles. The molecule has 2 heterocycles. The molecule has 0 atom stereocenters. The fraction of sp³-hybridized carbons (Fsp3) is 0.0909. The third kappa shape index (κ3) is 3.28. The summed E-state index contributed by atoms with van der Waals surface area (Å²) in [6, 6.07) is 16.3. The SMILES string of the molecule is Cc1nc2ccccc2c(=O)n1-n1c(-c2ccccc2)cc(C(F)(F)F)c(C#N)c1=O. The van der Waals surface area contributed by atoms with E-state index in [4.69, 9.17) is 0 Å². The number of nitriles is 1. The Morgan fingerprint density at radius 2 is 1.58 bits per heavy atom. The lowest BCUT2D eigenvalue weighted by molar-refractivity contribution is -0.137. The number of nitrogens with zero attached hydrogens (tertiary/aromatic N) is 4. The predicted molar refractivity (Wildman–Crippen MR) is 107 cm³/mol. The minimum Gasteiger partial charge on any atom is -0.267 e. The van der Waals surface area contributed by atoms with Gasteiger partial charge in [0.2, 0.25) is 0 Å². The maximum Gasteiger partial charge on any atom is 0.417 e. The zero-order valence-electron chi connectivity index (χ0n) is 16.0. The van der Waals surface area contributed by atoms with Crippen LogP contribution in [-0.2, 0) is 6.18 Å². The lowest BCUT2D eigenvalue weighted by Gasteiger charge is -2.20. The summed E-state index contributed by atoms with van der Waals surface area (Å²) in [7, 11) is 0. The summed E-state index contributed by atoms with van der Waals surface area (Å²) in [5.41, 5.74) is -3.94. The molecule has 0 unspecified atom stereocenters. The highest BCUT2D eigenvalue weighted by molar-refractivity contribution is 5.77. The van der Waals surface area contributed by atoms with E-state index < -0.39 is 28.4 Å². The zero-order valence-corrected chi connectivity index (χ0v) is 16.0. The molecule has 9 heteroatoms. The number of aryl methyl sites for hydroxylation is 1. The lowest BCUT2D eigenvalue weighted by Crippen LogP contribution is -2.40. The number of hydrogen-bond donors (Lipinski definition) is 0. The first-order valence-electron chi connectivity index (χ1n) is 9.06. The van der Waals surface area contributed by atoms with E-state index in [0.717, 1.165) is 9.35 Å². The Morgan fingerprint density at radius 3 is 2.23 bits per heavy atom. The molecular formula is C22H13F3N4O2. The van der Waals surface area contributed by atoms with Crippen LogP contribution in [0.3, 0.4) is 0 Å². The Balaban J connectivity index is 2.23. The normalized spacial score (nSPS) is 11.5. The quantitative estimate of drug-likeness (QED) is 0.493. The van der Waals surface area contributed by atoms with Gasteiger partial charge in [-0.25, -0.2) is 9.66 Å². The second-order valence-corrected chi connectivity index (χ2v) is 6.70. The zero-order chi connectivity index (χ0) is 22.3. The van der Waals surface area contributed by atoms with E-state index in [9.17, 15) is 28.0 Å². The van der Waals surface area contributed by atoms with Crippen LogP contribution in [0, 0.1) is 18.3 Å². The molecule has 31 heavy (non-hydrogen) atoms. The number of fused-ring (bicyclic) bond motifs is 1. The maximum absolute atomic E-state index is 13.6. The topological polar surface area (TPSA) is 80.7 Å². The molecular weight excluding hydrogens is 409 g/mol. The molecule has 4 aromatic rings. The second-order valence-electron chi connectivity index (χ2n) is 6.70. The molecule has 0 radical (unpaired) electrons. The van der Waals surface area contributed by atoms with Crippen molar-refractivity contribution in [2.24, 2.45) is 0 Å². The molecule has 4 rings (SSSR count). The van der Waals surface area contributed by atoms with Crippen LogP contribution in [-0.4, -0.2) is 14.3 Å². The highest BCUT2D eigenvalue weighted by atomic mass is 19.4. The van der Waals surface area contributed by atoms with Gasteiger partial charge in [-0.3, -0.25) is 9.59 Å². The number of alkyl halides is 3. The molecule has 0 bridgehead atoms. The van der Waals surface area contributed by atoms with Crippen molar-refractivity contribution in [2.45, 2.75) is 13.1 Å². The highest BCUT2D eigenvalue weighted by Gasteiger charge is 2.37. The average molecular weight is 422 g/mol. The van der Waals surface area contributed by atoms with E-state index in [-0.39, 0.29) is 22.5 Å². The van der Waals surface area contributed by atoms with E-state index in [1.807, 2.05) is 0 Å². The van der Waals surface area contributed by atoms with E-state index >= 15 is 0 Å². The molecule has 154 valence electrons. The summed E-state index contributed by atoms with van der Waals surface area (Å²) >= 11 is 0. The number of halogens is 3. The predicted octanol–water partition coefficient (Wildman–Crippen LogP) is 3.74. The van der Waals surface area contributed by atoms with E-state index in [1.54, 1.807) is 36.4 Å². The largest absolute Gasteiger partial charge is 0.417 e. The van der Waals surface area contributed by atoms with Crippen molar-refractivity contribution in [3.63, 3.8) is 0 Å². The maximum atomic E-state index is 13.6. The van der Waals surface area contributed by atoms with Crippen molar-refractivity contribution in [1.82, 2.24) is 14.3 Å². The molecule has 0 amide bonds. The Morgan fingerprint density at radius 1 is 0.935 bits per heavy atom. The number of benzene rings is 2. The Bertz CT molecular complexity index is 1480. The number of hydrogen-bond acceptors (Lipinski definition) is 4. The Kier molecular flexibility index (Phi) is 4.70. The molecule has 0 N–H and O–H groups in total. The van der Waals surface area contributed by atoms with Crippen LogP contribution >= 0.6 is 0 Å². The van der Waals surface area contributed by atoms with Crippen molar-refractivity contribution in [3.05, 3.63) is 98.3 Å². The first-order valence-corrected chi connectivity index (χ1v) is 9.06. The van der Waals surface area contributed by atoms with Crippen molar-refractivity contribution in [3.8, 4) is 17.3 Å². The first-order chi connectivity index (χ1) is 14.7. The van der Waals surface area contributed by atoms with Gasteiger partial charge in [0.15, 0.2) is 0 Å².